The monoisotopic (exact) mass is 538 g/mol. The van der Waals surface area contributed by atoms with Crippen molar-refractivity contribution >= 4 is 22.5 Å². The van der Waals surface area contributed by atoms with Crippen LogP contribution in [-0.2, 0) is 0 Å². The van der Waals surface area contributed by atoms with Crippen molar-refractivity contribution in [1.82, 2.24) is 0 Å². The molecule has 8 rings (SSSR count). The molecule has 0 atom stereocenters. The maximum atomic E-state index is 2.34. The van der Waals surface area contributed by atoms with Crippen molar-refractivity contribution in [3.05, 3.63) is 158 Å². The van der Waals surface area contributed by atoms with E-state index < -0.39 is 0 Å². The summed E-state index contributed by atoms with van der Waals surface area (Å²) in [5.74, 6) is 0. The third-order valence-corrected chi connectivity index (χ3v) is 9.25. The lowest BCUT2D eigenvalue weighted by Gasteiger charge is -2.21. The van der Waals surface area contributed by atoms with Gasteiger partial charge in [0.2, 0.25) is 0 Å². The Morgan fingerprint density at radius 2 is 0.878 bits per heavy atom. The Kier molecular flexibility index (Phi) is 5.83. The standard InChI is InChI=1S/C40H26S/c1-3-10-28(11-4-1)33-23-22-31(26-37(33)29-12-5-2-6-13-29)27-18-20-30(21-19-27)32-24-25-39-40-35(32)15-9-16-36(40)34-14-7-8-17-38(34)41-39/h1-26H. The first-order valence-electron chi connectivity index (χ1n) is 14.0. The summed E-state index contributed by atoms with van der Waals surface area (Å²) in [6.07, 6.45) is 0. The molecule has 0 fully saturated rings. The van der Waals surface area contributed by atoms with E-state index >= 15 is 0 Å². The zero-order valence-electron chi connectivity index (χ0n) is 22.4. The van der Waals surface area contributed by atoms with Crippen LogP contribution in [0.1, 0.15) is 0 Å². The molecule has 0 unspecified atom stereocenters. The van der Waals surface area contributed by atoms with Crippen LogP contribution in [0.5, 0.6) is 0 Å². The predicted molar refractivity (Wildman–Crippen MR) is 175 cm³/mol. The Balaban J connectivity index is 1.21. The summed E-state index contributed by atoms with van der Waals surface area (Å²) < 4.78 is 0. The molecular formula is C40H26S. The molecule has 0 saturated carbocycles. The summed E-state index contributed by atoms with van der Waals surface area (Å²) in [6.45, 7) is 0. The normalized spacial score (nSPS) is 11.8. The first-order valence-corrected chi connectivity index (χ1v) is 14.8. The number of benzene rings is 7. The quantitative estimate of drug-likeness (QED) is 0.215. The van der Waals surface area contributed by atoms with Crippen LogP contribution < -0.4 is 0 Å². The van der Waals surface area contributed by atoms with Gasteiger partial charge in [-0.05, 0) is 79.2 Å². The molecule has 0 saturated heterocycles. The molecule has 0 radical (unpaired) electrons. The predicted octanol–water partition coefficient (Wildman–Crippen LogP) is 11.6. The molecule has 1 heteroatoms. The first kappa shape index (κ1) is 24.0. The minimum atomic E-state index is 1.22. The minimum absolute atomic E-state index is 1.22. The van der Waals surface area contributed by atoms with Gasteiger partial charge < -0.3 is 0 Å². The molecule has 41 heavy (non-hydrogen) atoms. The Morgan fingerprint density at radius 1 is 0.293 bits per heavy atom. The van der Waals surface area contributed by atoms with Crippen molar-refractivity contribution in [3.63, 3.8) is 0 Å². The van der Waals surface area contributed by atoms with Gasteiger partial charge in [-0.15, -0.1) is 0 Å². The summed E-state index contributed by atoms with van der Waals surface area (Å²) in [5.41, 5.74) is 12.6. The first-order chi connectivity index (χ1) is 20.3. The van der Waals surface area contributed by atoms with Crippen molar-refractivity contribution in [3.8, 4) is 55.6 Å². The lowest BCUT2D eigenvalue weighted by Crippen LogP contribution is -1.94. The SMILES string of the molecule is c1ccc(-c2ccc(-c3ccc(-c4ccc5c6c(cccc46)-c4ccccc4S5)cc3)cc2-c2ccccc2)cc1. The second-order valence-electron chi connectivity index (χ2n) is 10.5. The zero-order valence-corrected chi connectivity index (χ0v) is 23.2. The van der Waals surface area contributed by atoms with Crippen molar-refractivity contribution < 1.29 is 0 Å². The Labute approximate surface area is 245 Å². The van der Waals surface area contributed by atoms with Crippen LogP contribution in [0, 0.1) is 0 Å². The smallest absolute Gasteiger partial charge is 0.0207 e. The third-order valence-electron chi connectivity index (χ3n) is 8.12. The lowest BCUT2D eigenvalue weighted by molar-refractivity contribution is 1.40. The van der Waals surface area contributed by atoms with E-state index in [-0.39, 0.29) is 0 Å². The van der Waals surface area contributed by atoms with Crippen LogP contribution in [-0.4, -0.2) is 0 Å². The van der Waals surface area contributed by atoms with Gasteiger partial charge in [-0.2, -0.15) is 0 Å². The summed E-state index contributed by atoms with van der Waals surface area (Å²) in [6, 6.07) is 57.4. The van der Waals surface area contributed by atoms with Crippen LogP contribution >= 0.6 is 11.8 Å². The summed E-state index contributed by atoms with van der Waals surface area (Å²) in [4.78, 5) is 2.67. The van der Waals surface area contributed by atoms with Crippen molar-refractivity contribution in [1.29, 1.82) is 0 Å². The average Bonchev–Trinajstić information content (AvgIpc) is 3.06. The van der Waals surface area contributed by atoms with E-state index in [9.17, 15) is 0 Å². The molecule has 0 amide bonds. The molecular weight excluding hydrogens is 513 g/mol. The molecule has 1 heterocycles. The van der Waals surface area contributed by atoms with E-state index in [2.05, 4.69) is 158 Å². The maximum Gasteiger partial charge on any atom is 0.0207 e. The molecule has 0 aliphatic carbocycles. The molecule has 1 aliphatic heterocycles. The number of hydrogen-bond acceptors (Lipinski definition) is 1. The van der Waals surface area contributed by atoms with Gasteiger partial charge in [0.05, 0.1) is 0 Å². The molecule has 0 aromatic heterocycles. The van der Waals surface area contributed by atoms with Gasteiger partial charge in [-0.1, -0.05) is 151 Å². The van der Waals surface area contributed by atoms with E-state index in [0.717, 1.165) is 0 Å². The van der Waals surface area contributed by atoms with E-state index in [1.165, 1.54) is 76.2 Å². The zero-order chi connectivity index (χ0) is 27.2. The fourth-order valence-electron chi connectivity index (χ4n) is 6.12. The van der Waals surface area contributed by atoms with Gasteiger partial charge >= 0.3 is 0 Å². The second kappa shape index (κ2) is 9.96. The Hall–Kier alpha value is -4.85. The maximum absolute atomic E-state index is 2.34. The van der Waals surface area contributed by atoms with Crippen molar-refractivity contribution in [2.45, 2.75) is 9.79 Å². The van der Waals surface area contributed by atoms with Crippen LogP contribution in [0.25, 0.3) is 66.4 Å². The fourth-order valence-corrected chi connectivity index (χ4v) is 7.25. The molecule has 1 aliphatic rings. The van der Waals surface area contributed by atoms with Gasteiger partial charge in [-0.25, -0.2) is 0 Å². The fraction of sp³-hybridized carbons (Fsp3) is 0. The minimum Gasteiger partial charge on any atom is -0.0888 e. The Bertz CT molecular complexity index is 2040. The lowest BCUT2D eigenvalue weighted by atomic mass is 9.90. The molecule has 0 bridgehead atoms. The number of rotatable bonds is 4. The molecule has 0 spiro atoms. The van der Waals surface area contributed by atoms with Crippen LogP contribution in [0.15, 0.2) is 168 Å². The highest BCUT2D eigenvalue weighted by molar-refractivity contribution is 7.99. The largest absolute Gasteiger partial charge is 0.0888 e. The van der Waals surface area contributed by atoms with Gasteiger partial charge in [0, 0.05) is 15.2 Å². The summed E-state index contributed by atoms with van der Waals surface area (Å²) in [5, 5.41) is 2.68. The summed E-state index contributed by atoms with van der Waals surface area (Å²) in [7, 11) is 0. The molecule has 7 aromatic rings. The topological polar surface area (TPSA) is 0 Å². The van der Waals surface area contributed by atoms with Crippen molar-refractivity contribution in [2.75, 3.05) is 0 Å². The van der Waals surface area contributed by atoms with E-state index in [0.29, 0.717) is 0 Å². The van der Waals surface area contributed by atoms with Gasteiger partial charge in [0.25, 0.3) is 0 Å². The Morgan fingerprint density at radius 3 is 1.66 bits per heavy atom. The van der Waals surface area contributed by atoms with Crippen LogP contribution in [0.2, 0.25) is 0 Å². The van der Waals surface area contributed by atoms with Crippen LogP contribution in [0.4, 0.5) is 0 Å². The highest BCUT2D eigenvalue weighted by atomic mass is 32.2. The molecule has 192 valence electrons. The molecule has 0 nitrogen and oxygen atoms in total. The number of fused-ring (bicyclic) bond motifs is 2. The van der Waals surface area contributed by atoms with Gasteiger partial charge in [-0.3, -0.25) is 0 Å². The van der Waals surface area contributed by atoms with Crippen LogP contribution in [0.3, 0.4) is 0 Å². The second-order valence-corrected chi connectivity index (χ2v) is 11.6. The number of hydrogen-bond donors (Lipinski definition) is 0. The third kappa shape index (κ3) is 4.18. The van der Waals surface area contributed by atoms with E-state index in [1.54, 1.807) is 0 Å². The average molecular weight is 539 g/mol. The highest BCUT2D eigenvalue weighted by Crippen LogP contribution is 2.49. The van der Waals surface area contributed by atoms with Crippen molar-refractivity contribution in [2.24, 2.45) is 0 Å². The highest BCUT2D eigenvalue weighted by Gasteiger charge is 2.20. The van der Waals surface area contributed by atoms with E-state index in [4.69, 9.17) is 0 Å². The van der Waals surface area contributed by atoms with E-state index in [1.807, 2.05) is 11.8 Å². The van der Waals surface area contributed by atoms with Gasteiger partial charge in [0.15, 0.2) is 0 Å². The molecule has 0 N–H and O–H groups in total. The van der Waals surface area contributed by atoms with Gasteiger partial charge in [0.1, 0.15) is 0 Å². The molecule has 7 aromatic carbocycles. The summed E-state index contributed by atoms with van der Waals surface area (Å²) >= 11 is 1.88.